The number of hydrogen-bond acceptors (Lipinski definition) is 7. The summed E-state index contributed by atoms with van der Waals surface area (Å²) in [5, 5.41) is 6.55. The zero-order valence-corrected chi connectivity index (χ0v) is 25.7. The molecule has 0 aliphatic heterocycles. The predicted octanol–water partition coefficient (Wildman–Crippen LogP) is 5.93. The van der Waals surface area contributed by atoms with Crippen molar-refractivity contribution >= 4 is 38.3 Å². The van der Waals surface area contributed by atoms with Gasteiger partial charge >= 0.3 is 6.55 Å². The number of rotatable bonds is 12. The van der Waals surface area contributed by atoms with E-state index in [0.717, 1.165) is 19.0 Å². The number of halogens is 2. The zero-order chi connectivity index (χ0) is 32.1. The molecular weight excluding hydrogens is 606 g/mol. The molecule has 1 N–H and O–H groups in total. The number of sulfonamides is 1. The van der Waals surface area contributed by atoms with E-state index in [1.54, 1.807) is 48.5 Å². The van der Waals surface area contributed by atoms with Gasteiger partial charge in [-0.2, -0.15) is 18.2 Å². The molecule has 45 heavy (non-hydrogen) atoms. The highest BCUT2D eigenvalue weighted by molar-refractivity contribution is 7.89. The number of Topliss-reactive ketones (excluding diaryl/α,β-unsaturated/α-hetero) is 1. The number of alkyl halides is 2. The van der Waals surface area contributed by atoms with Crippen molar-refractivity contribution in [3.63, 3.8) is 0 Å². The van der Waals surface area contributed by atoms with Crippen molar-refractivity contribution in [1.29, 1.82) is 0 Å². The van der Waals surface area contributed by atoms with E-state index in [2.05, 4.69) is 10.4 Å². The van der Waals surface area contributed by atoms with Crippen molar-refractivity contribution in [3.8, 4) is 11.5 Å². The Morgan fingerprint density at radius 2 is 1.60 bits per heavy atom. The molecule has 0 radical (unpaired) electrons. The van der Waals surface area contributed by atoms with Gasteiger partial charge in [-0.05, 0) is 60.4 Å². The summed E-state index contributed by atoms with van der Waals surface area (Å²) < 4.78 is 68.5. The third-order valence-electron chi connectivity index (χ3n) is 7.86. The first kappa shape index (κ1) is 32.0. The summed E-state index contributed by atoms with van der Waals surface area (Å²) in [6.07, 6.45) is 3.61. The minimum absolute atomic E-state index is 0.0229. The van der Waals surface area contributed by atoms with E-state index in [9.17, 15) is 26.8 Å². The fourth-order valence-electron chi connectivity index (χ4n) is 5.44. The van der Waals surface area contributed by atoms with Crippen molar-refractivity contribution in [2.75, 3.05) is 19.5 Å². The largest absolute Gasteiger partial charge is 0.497 e. The Hall–Kier alpha value is -4.36. The molecule has 238 valence electrons. The van der Waals surface area contributed by atoms with Crippen LogP contribution in [0.15, 0.2) is 71.8 Å². The Bertz CT molecular complexity index is 1730. The van der Waals surface area contributed by atoms with Crippen LogP contribution in [-0.2, 0) is 32.7 Å². The minimum Gasteiger partial charge on any atom is -0.497 e. The Labute approximate surface area is 260 Å². The zero-order valence-electron chi connectivity index (χ0n) is 24.9. The molecule has 1 amide bonds. The average molecular weight is 641 g/mol. The molecular formula is C32H34F2N4O6S. The number of aromatic nitrogens is 2. The Morgan fingerprint density at radius 1 is 1.00 bits per heavy atom. The van der Waals surface area contributed by atoms with Crippen LogP contribution in [0, 0.1) is 5.92 Å². The van der Waals surface area contributed by atoms with Gasteiger partial charge in [0.25, 0.3) is 0 Å². The number of amides is 1. The molecule has 1 fully saturated rings. The molecule has 1 unspecified atom stereocenters. The third kappa shape index (κ3) is 7.48. The van der Waals surface area contributed by atoms with Crippen molar-refractivity contribution < 1.29 is 36.3 Å². The summed E-state index contributed by atoms with van der Waals surface area (Å²) in [6, 6.07) is 16.4. The lowest BCUT2D eigenvalue weighted by Gasteiger charge is -2.24. The molecule has 1 aromatic heterocycles. The maximum atomic E-state index is 14.5. The number of carbonyl (C=O) groups excluding carboxylic acids is 2. The first-order chi connectivity index (χ1) is 21.6. The lowest BCUT2D eigenvalue weighted by Crippen LogP contribution is -2.30. The summed E-state index contributed by atoms with van der Waals surface area (Å²) in [6.45, 7) is -3.12. The number of carbonyl (C=O) groups is 2. The van der Waals surface area contributed by atoms with Gasteiger partial charge in [-0.3, -0.25) is 9.59 Å². The average Bonchev–Trinajstić information content (AvgIpc) is 3.47. The van der Waals surface area contributed by atoms with Crippen LogP contribution in [0.25, 0.3) is 10.9 Å². The first-order valence-corrected chi connectivity index (χ1v) is 15.9. The van der Waals surface area contributed by atoms with E-state index in [-0.39, 0.29) is 46.8 Å². The van der Waals surface area contributed by atoms with Crippen LogP contribution in [0.4, 0.5) is 14.5 Å². The molecule has 10 nitrogen and oxygen atoms in total. The summed E-state index contributed by atoms with van der Waals surface area (Å²) in [4.78, 5) is 25.0. The second kappa shape index (κ2) is 13.7. The van der Waals surface area contributed by atoms with E-state index in [1.807, 2.05) is 0 Å². The van der Waals surface area contributed by atoms with Gasteiger partial charge in [0.05, 0.1) is 24.6 Å². The van der Waals surface area contributed by atoms with E-state index < -0.39 is 28.4 Å². The van der Waals surface area contributed by atoms with Crippen LogP contribution < -0.4 is 14.8 Å². The highest BCUT2D eigenvalue weighted by Gasteiger charge is 2.30. The van der Waals surface area contributed by atoms with E-state index in [0.29, 0.717) is 40.1 Å². The van der Waals surface area contributed by atoms with Crippen LogP contribution in [0.5, 0.6) is 11.5 Å². The second-order valence-electron chi connectivity index (χ2n) is 10.9. The molecule has 1 heterocycles. The fourth-order valence-corrected chi connectivity index (χ4v) is 7.06. The fraction of sp³-hybridized carbons (Fsp3) is 0.344. The first-order valence-electron chi connectivity index (χ1n) is 14.5. The topological polar surface area (TPSA) is 120 Å². The summed E-state index contributed by atoms with van der Waals surface area (Å²) in [7, 11) is -1.34. The van der Waals surface area contributed by atoms with Crippen molar-refractivity contribution in [2.24, 2.45) is 5.92 Å². The van der Waals surface area contributed by atoms with Gasteiger partial charge in [0.2, 0.25) is 15.9 Å². The molecule has 1 aliphatic carbocycles. The van der Waals surface area contributed by atoms with Crippen LogP contribution >= 0.6 is 0 Å². The van der Waals surface area contributed by atoms with Gasteiger partial charge in [-0.15, -0.1) is 0 Å². The molecule has 4 aromatic rings. The number of nitrogens with one attached hydrogen (secondary N) is 1. The molecule has 1 aliphatic rings. The number of fused-ring (bicyclic) bond motifs is 1. The third-order valence-corrected chi connectivity index (χ3v) is 9.69. The highest BCUT2D eigenvalue weighted by Crippen LogP contribution is 2.33. The maximum Gasteiger partial charge on any atom is 0.333 e. The number of ether oxygens (including phenoxy) is 2. The molecule has 5 rings (SSSR count). The molecule has 1 atom stereocenters. The smallest absolute Gasteiger partial charge is 0.333 e. The Balaban J connectivity index is 1.54. The summed E-state index contributed by atoms with van der Waals surface area (Å²) in [5.41, 5.74) is 1.36. The minimum atomic E-state index is -4.39. The van der Waals surface area contributed by atoms with Crippen LogP contribution in [0.3, 0.4) is 0 Å². The number of benzene rings is 3. The summed E-state index contributed by atoms with van der Waals surface area (Å²) in [5.74, 6) is 0.344. The Morgan fingerprint density at radius 3 is 2.13 bits per heavy atom. The van der Waals surface area contributed by atoms with Crippen molar-refractivity contribution in [1.82, 2.24) is 14.1 Å². The lowest BCUT2D eigenvalue weighted by atomic mass is 9.85. The molecule has 0 saturated heterocycles. The van der Waals surface area contributed by atoms with Crippen LogP contribution in [0.2, 0.25) is 0 Å². The Kier molecular flexibility index (Phi) is 9.78. The number of anilines is 1. The second-order valence-corrected chi connectivity index (χ2v) is 12.8. The summed E-state index contributed by atoms with van der Waals surface area (Å²) >= 11 is 0. The van der Waals surface area contributed by atoms with Crippen LogP contribution in [-0.4, -0.2) is 48.4 Å². The standard InChI is InChI=1S/C32H34F2N4O6S/c1-43-25-11-7-21(8-12-25)18-37(19-22-9-13-26(44-2)14-10-22)45(41,42)30-17-24(16-28-27(30)20-38(36-28)32(33)34)35-31(40)15-23-5-3-4-6-29(23)39/h7-14,16-17,20,23,32H,3-6,15,18-19H2,1-2H3,(H,35,40). The maximum absolute atomic E-state index is 14.5. The van der Waals surface area contributed by atoms with Crippen molar-refractivity contribution in [2.45, 2.75) is 56.6 Å². The molecule has 0 bridgehead atoms. The van der Waals surface area contributed by atoms with Gasteiger partial charge in [0, 0.05) is 49.1 Å². The number of methoxy groups -OCH3 is 2. The molecule has 13 heteroatoms. The van der Waals surface area contributed by atoms with Crippen molar-refractivity contribution in [3.05, 3.63) is 78.0 Å². The molecule has 0 spiro atoms. The predicted molar refractivity (Wildman–Crippen MR) is 164 cm³/mol. The highest BCUT2D eigenvalue weighted by atomic mass is 32.2. The monoisotopic (exact) mass is 640 g/mol. The van der Waals surface area contributed by atoms with E-state index in [1.165, 1.54) is 30.7 Å². The number of hydrogen-bond donors (Lipinski definition) is 1. The van der Waals surface area contributed by atoms with E-state index >= 15 is 0 Å². The van der Waals surface area contributed by atoms with Gasteiger partial charge in [0.15, 0.2) is 0 Å². The van der Waals surface area contributed by atoms with Gasteiger partial charge in [-0.1, -0.05) is 30.7 Å². The van der Waals surface area contributed by atoms with E-state index in [4.69, 9.17) is 9.47 Å². The van der Waals surface area contributed by atoms with Gasteiger partial charge in [-0.25, -0.2) is 13.1 Å². The lowest BCUT2D eigenvalue weighted by molar-refractivity contribution is -0.128. The number of ketones is 1. The number of nitrogens with zero attached hydrogens (tertiary/aromatic N) is 3. The van der Waals surface area contributed by atoms with Crippen LogP contribution in [0.1, 0.15) is 49.8 Å². The van der Waals surface area contributed by atoms with Gasteiger partial charge < -0.3 is 14.8 Å². The molecule has 1 saturated carbocycles. The SMILES string of the molecule is COc1ccc(CN(Cc2ccc(OC)cc2)S(=O)(=O)c2cc(NC(=O)CC3CCCCC3=O)cc3nn(C(F)F)cc23)cc1. The normalized spacial score (nSPS) is 15.5. The quantitative estimate of drug-likeness (QED) is 0.204. The molecule has 3 aromatic carbocycles. The van der Waals surface area contributed by atoms with Gasteiger partial charge in [0.1, 0.15) is 17.3 Å².